The second-order valence-electron chi connectivity index (χ2n) is 33.2. The van der Waals surface area contributed by atoms with E-state index in [1.54, 1.807) is 38.1 Å². The van der Waals surface area contributed by atoms with E-state index in [0.717, 1.165) is 55.7 Å². The Hall–Kier alpha value is -8.53. The first-order chi connectivity index (χ1) is 56.8. The third-order valence-electron chi connectivity index (χ3n) is 23.0. The molecule has 1 aromatic rings. The molecule has 2 bridgehead atoms. The summed E-state index contributed by atoms with van der Waals surface area (Å²) in [5.74, 6) is -21.6. The summed E-state index contributed by atoms with van der Waals surface area (Å²) >= 11 is 2.31. The van der Waals surface area contributed by atoms with Gasteiger partial charge in [-0.3, -0.25) is 81.5 Å². The highest BCUT2D eigenvalue weighted by Crippen LogP contribution is 2.32. The fourth-order valence-electron chi connectivity index (χ4n) is 16.3. The van der Waals surface area contributed by atoms with Gasteiger partial charge < -0.3 is 78.1 Å². The number of Topliss-reactive ketones (excluding diaryl/α,β-unsaturated/α-hetero) is 3. The van der Waals surface area contributed by atoms with Gasteiger partial charge in [0.2, 0.25) is 65.0 Å². The summed E-state index contributed by atoms with van der Waals surface area (Å²) in [6.07, 6.45) is 14.4. The Morgan fingerprint density at radius 2 is 1.05 bits per heavy atom. The number of carboxylic acid groups (broad SMARTS) is 3. The van der Waals surface area contributed by atoms with Crippen LogP contribution in [0.1, 0.15) is 270 Å². The molecular weight excluding hydrogens is 1580 g/mol. The van der Waals surface area contributed by atoms with Crippen molar-refractivity contribution in [1.29, 1.82) is 0 Å². The number of carbonyl (C=O) groups excluding carboxylic acids is 14. The van der Waals surface area contributed by atoms with E-state index in [1.807, 2.05) is 0 Å². The van der Waals surface area contributed by atoms with E-state index in [9.17, 15) is 73.2 Å². The van der Waals surface area contributed by atoms with Crippen LogP contribution in [0.2, 0.25) is 0 Å². The molecule has 119 heavy (non-hydrogen) atoms. The first-order valence-electron chi connectivity index (χ1n) is 43.3. The fourth-order valence-corrected chi connectivity index (χ4v) is 18.6. The smallest absolute Gasteiger partial charge is 0.304 e. The van der Waals surface area contributed by atoms with E-state index in [-0.39, 0.29) is 99.4 Å². The zero-order valence-corrected chi connectivity index (χ0v) is 71.6. The Labute approximate surface area is 707 Å². The molecule has 0 unspecified atom stereocenters. The van der Waals surface area contributed by atoms with Crippen molar-refractivity contribution in [2.45, 2.75) is 331 Å². The Balaban J connectivity index is 1.38. The summed E-state index contributed by atoms with van der Waals surface area (Å²) < 4.78 is 0. The number of nitrogens with zero attached hydrogens (tertiary/aromatic N) is 3. The number of aliphatic hydroxyl groups is 1. The summed E-state index contributed by atoms with van der Waals surface area (Å²) in [4.78, 5) is 245. The number of thioether (sulfide) groups is 2. The molecule has 34 heteroatoms. The lowest BCUT2D eigenvalue weighted by molar-refractivity contribution is -0.148. The summed E-state index contributed by atoms with van der Waals surface area (Å²) in [5, 5.41) is 59.3. The van der Waals surface area contributed by atoms with E-state index in [0.29, 0.717) is 17.5 Å². The highest BCUT2D eigenvalue weighted by Gasteiger charge is 2.48. The third kappa shape index (κ3) is 34.5. The van der Waals surface area contributed by atoms with Crippen LogP contribution in [0.5, 0.6) is 0 Å². The molecule has 0 spiro atoms. The van der Waals surface area contributed by atoms with Crippen LogP contribution in [0.3, 0.4) is 0 Å². The number of fused-ring (bicyclic) bond motifs is 9. The second kappa shape index (κ2) is 52.6. The SMILES string of the molecule is CCCCCCCCCCCCCCCCCCCCCC(=O)N[C@H]1C[C@H]2C(=O)N[C@@H](CCC(N)=O)C(=O)N[C@H]3CSCc4ccccc4CSC[C@H](CC(=O)[C@H](CCC(=O)O)NC(=O)CNC(=O)[C@H]([C@@H](C)O)NC(=O)[C@H](CCC(=O)O)CC(=O)[C@H]4CCCN4C(=O)[C@@H](CC(=O)O)CC3=O)C(=O)N[C@@H](CC(C)C)C(=O)N3CCC[C@@H]3C(=O)N2C1. The quantitative estimate of drug-likeness (QED) is 0.0335. The molecule has 0 aromatic heterocycles. The van der Waals surface area contributed by atoms with Gasteiger partial charge >= 0.3 is 17.9 Å². The Bertz CT molecular complexity index is 3620. The summed E-state index contributed by atoms with van der Waals surface area (Å²) in [6, 6.07) is -6.03. The molecule has 0 radical (unpaired) electrons. The first kappa shape index (κ1) is 99.3. The lowest BCUT2D eigenvalue weighted by Crippen LogP contribution is -2.58. The maximum Gasteiger partial charge on any atom is 0.304 e. The van der Waals surface area contributed by atoms with Gasteiger partial charge in [-0.15, -0.1) is 0 Å². The predicted molar refractivity (Wildman–Crippen MR) is 446 cm³/mol. The monoisotopic (exact) mass is 1710 g/mol. The molecule has 6 rings (SSSR count). The van der Waals surface area contributed by atoms with Crippen LogP contribution in [-0.2, 0) is 93.0 Å². The molecule has 0 aliphatic carbocycles. The predicted octanol–water partition coefficient (Wildman–Crippen LogP) is 6.23. The van der Waals surface area contributed by atoms with Crippen molar-refractivity contribution in [1.82, 2.24) is 51.9 Å². The van der Waals surface area contributed by atoms with Gasteiger partial charge in [-0.1, -0.05) is 161 Å². The molecule has 13 N–H and O–H groups in total. The van der Waals surface area contributed by atoms with Crippen LogP contribution in [0.4, 0.5) is 0 Å². The van der Waals surface area contributed by atoms with Gasteiger partial charge in [0.25, 0.3) is 0 Å². The summed E-state index contributed by atoms with van der Waals surface area (Å²) in [6.45, 7) is 5.62. The number of nitrogens with two attached hydrogens (primary N) is 1. The molecule has 13 atom stereocenters. The fraction of sp³-hybridized carbons (Fsp3) is 0.729. The van der Waals surface area contributed by atoms with Crippen molar-refractivity contribution in [2.75, 3.05) is 37.7 Å². The second-order valence-corrected chi connectivity index (χ2v) is 35.3. The average Bonchev–Trinajstić information content (AvgIpc) is 1.68. The molecule has 1 aromatic carbocycles. The van der Waals surface area contributed by atoms with Gasteiger partial charge in [0.05, 0.1) is 49.0 Å². The number of carboxylic acids is 3. The van der Waals surface area contributed by atoms with Crippen molar-refractivity contribution < 1.29 is 102 Å². The molecule has 32 nitrogen and oxygen atoms in total. The van der Waals surface area contributed by atoms with Crippen LogP contribution < -0.4 is 43.0 Å². The topological polar surface area (TPSA) is 491 Å². The van der Waals surface area contributed by atoms with Gasteiger partial charge in [0, 0.05) is 99.6 Å². The Morgan fingerprint density at radius 3 is 1.61 bits per heavy atom. The summed E-state index contributed by atoms with van der Waals surface area (Å²) in [5.41, 5.74) is 7.05. The number of ketones is 3. The zero-order valence-electron chi connectivity index (χ0n) is 70.0. The molecule has 5 aliphatic heterocycles. The van der Waals surface area contributed by atoms with Crippen LogP contribution in [-0.4, -0.2) is 234 Å². The number of hydrogen-bond acceptors (Lipinski definition) is 20. The molecule has 664 valence electrons. The van der Waals surface area contributed by atoms with E-state index in [1.165, 1.54) is 105 Å². The van der Waals surface area contributed by atoms with E-state index < -0.39 is 243 Å². The number of amides is 11. The van der Waals surface area contributed by atoms with E-state index in [4.69, 9.17) is 5.73 Å². The van der Waals surface area contributed by atoms with Gasteiger partial charge in [0.1, 0.15) is 30.2 Å². The lowest BCUT2D eigenvalue weighted by Gasteiger charge is -2.34. The van der Waals surface area contributed by atoms with Crippen LogP contribution in [0.25, 0.3) is 0 Å². The lowest BCUT2D eigenvalue weighted by atomic mass is 9.90. The number of unbranched alkanes of at least 4 members (excludes halogenated alkanes) is 18. The Kier molecular flexibility index (Phi) is 43.9. The maximum absolute atomic E-state index is 15.6. The number of aliphatic hydroxyl groups excluding tert-OH is 1. The minimum absolute atomic E-state index is 0.00712. The third-order valence-corrected chi connectivity index (χ3v) is 25.2. The number of hydrogen-bond donors (Lipinski definition) is 12. The number of benzene rings is 1. The number of nitrogens with one attached hydrogen (secondary N) is 7. The number of rotatable bonds is 35. The molecular formula is C85H131N11O21S2. The highest BCUT2D eigenvalue weighted by molar-refractivity contribution is 7.98. The van der Waals surface area contributed by atoms with Crippen LogP contribution in [0, 0.1) is 23.7 Å². The van der Waals surface area contributed by atoms with Crippen LogP contribution in [0.15, 0.2) is 24.3 Å². The van der Waals surface area contributed by atoms with Crippen LogP contribution >= 0.6 is 23.5 Å². The normalized spacial score (nSPS) is 25.2. The molecule has 5 heterocycles. The van der Waals surface area contributed by atoms with Gasteiger partial charge in [-0.25, -0.2) is 0 Å². The zero-order chi connectivity index (χ0) is 87.1. The molecule has 3 fully saturated rings. The number of carbonyl (C=O) groups is 17. The largest absolute Gasteiger partial charge is 0.481 e. The van der Waals surface area contributed by atoms with Gasteiger partial charge in [0.15, 0.2) is 17.3 Å². The maximum atomic E-state index is 15.6. The number of primary amides is 1. The standard InChI is InChI=1S/C85H131N11O21S2/c1-5-6-7-8-9-10-11-12-13-14-15-16-17-18-19-20-21-22-23-32-72(102)88-60-46-67-81(113)90-62(34-36-71(86)101)80(112)92-64-52-119-50-57-29-25-24-28-56(57)49-118-51-59(79(111)91-63(41-53(2)3)84(116)95-40-27-31-66(95)85(117)96(67)48-60)44-68(98)61(35-38-75(106)107)89-73(103)47-87-82(114)77(54(4)97)93-78(110)55(33-37-74(104)105)42-70(100)65-30-26-39-94(65)83(115)58(43-69(64)99)45-76(108)109/h24-25,28-29,53-55,58-67,77,97H,5-23,26-27,30-52H2,1-4H3,(H2,86,101)(H,87,114)(H,88,102)(H,89,103)(H,90,113)(H,91,111)(H,92,112)(H,93,110)(H,104,105)(H,106,107)(H,108,109)/t54-,55-,58-,59+,60+,61+,62+,63+,64+,65-,66-,67+,77+/m1/s1. The van der Waals surface area contributed by atoms with E-state index in [2.05, 4.69) is 44.1 Å². The van der Waals surface area contributed by atoms with Crippen molar-refractivity contribution >= 4 is 124 Å². The van der Waals surface area contributed by atoms with Gasteiger partial charge in [-0.2, -0.15) is 23.5 Å². The van der Waals surface area contributed by atoms with Crippen molar-refractivity contribution in [2.24, 2.45) is 29.4 Å². The van der Waals surface area contributed by atoms with Crippen molar-refractivity contribution in [3.8, 4) is 0 Å². The van der Waals surface area contributed by atoms with E-state index >= 15 is 28.8 Å². The summed E-state index contributed by atoms with van der Waals surface area (Å²) in [7, 11) is 0. The molecule has 5 aliphatic rings. The highest BCUT2D eigenvalue weighted by atomic mass is 32.2. The molecule has 11 amide bonds. The van der Waals surface area contributed by atoms with Gasteiger partial charge in [-0.05, 0) is 88.2 Å². The van der Waals surface area contributed by atoms with Crippen molar-refractivity contribution in [3.63, 3.8) is 0 Å². The minimum Gasteiger partial charge on any atom is -0.481 e. The first-order valence-corrected chi connectivity index (χ1v) is 45.6. The average molecular weight is 1710 g/mol. The Morgan fingerprint density at radius 1 is 0.513 bits per heavy atom. The number of aliphatic carboxylic acids is 3. The minimum atomic E-state index is -1.88. The molecule has 0 saturated carbocycles. The van der Waals surface area contributed by atoms with Crippen molar-refractivity contribution in [3.05, 3.63) is 35.4 Å². The molecule has 3 saturated heterocycles.